The van der Waals surface area contributed by atoms with Gasteiger partial charge in [0.1, 0.15) is 18.5 Å². The number of ketones is 1. The Morgan fingerprint density at radius 3 is 2.61 bits per heavy atom. The van der Waals surface area contributed by atoms with Crippen molar-refractivity contribution < 1.29 is 19.4 Å². The van der Waals surface area contributed by atoms with Crippen molar-refractivity contribution in [3.05, 3.63) is 82.4 Å². The highest BCUT2D eigenvalue weighted by Gasteiger charge is 2.27. The normalized spacial score (nSPS) is 16.3. The number of aliphatic hydroxyl groups is 1. The number of benzene rings is 3. The van der Waals surface area contributed by atoms with E-state index in [9.17, 15) is 14.7 Å². The summed E-state index contributed by atoms with van der Waals surface area (Å²) in [5.41, 5.74) is 7.42. The number of fused-ring (bicyclic) bond motifs is 4. The second-order valence-corrected chi connectivity index (χ2v) is 10.9. The molecule has 3 aromatic carbocycles. The van der Waals surface area contributed by atoms with E-state index in [1.54, 1.807) is 29.5 Å². The smallest absolute Gasteiger partial charge is 0.265 e. The second kappa shape index (κ2) is 10.3. The van der Waals surface area contributed by atoms with Crippen molar-refractivity contribution >= 4 is 33.2 Å². The third-order valence-electron chi connectivity index (χ3n) is 7.00. The van der Waals surface area contributed by atoms with Gasteiger partial charge >= 0.3 is 0 Å². The summed E-state index contributed by atoms with van der Waals surface area (Å²) >= 11 is 1.65. The molecule has 1 aromatic heterocycles. The molecule has 1 aliphatic heterocycles. The molecule has 0 unspecified atom stereocenters. The molecule has 2 N–H and O–H groups in total. The Bertz CT molecular complexity index is 1530. The molecule has 1 aliphatic carbocycles. The lowest BCUT2D eigenvalue weighted by Gasteiger charge is -2.35. The van der Waals surface area contributed by atoms with E-state index in [1.165, 1.54) is 0 Å². The number of rotatable bonds is 7. The molecule has 1 amide bonds. The summed E-state index contributed by atoms with van der Waals surface area (Å²) in [7, 11) is 0. The minimum absolute atomic E-state index is 0.00175. The summed E-state index contributed by atoms with van der Waals surface area (Å²) in [4.78, 5) is 32.2. The quantitative estimate of drug-likeness (QED) is 0.334. The van der Waals surface area contributed by atoms with E-state index in [4.69, 9.17) is 4.74 Å². The van der Waals surface area contributed by atoms with Crippen molar-refractivity contribution in [1.82, 2.24) is 20.3 Å². The molecule has 2 heterocycles. The Labute approximate surface area is 224 Å². The number of aromatic nitrogens is 1. The SMILES string of the molecule is Cc1nc2cc(OC[C@H](O)CN3CCN(NC(=O)c4ccc5c(c4)-c4ccccc4C5=O)CC3)ccc2s1. The van der Waals surface area contributed by atoms with Gasteiger partial charge in [-0.15, -0.1) is 11.3 Å². The van der Waals surface area contributed by atoms with Crippen LogP contribution >= 0.6 is 11.3 Å². The van der Waals surface area contributed by atoms with E-state index in [-0.39, 0.29) is 18.3 Å². The van der Waals surface area contributed by atoms with Gasteiger partial charge in [0.2, 0.25) is 0 Å². The maximum atomic E-state index is 13.0. The van der Waals surface area contributed by atoms with E-state index in [2.05, 4.69) is 15.3 Å². The maximum absolute atomic E-state index is 13.0. The molecule has 0 bridgehead atoms. The van der Waals surface area contributed by atoms with Crippen molar-refractivity contribution in [1.29, 1.82) is 0 Å². The fourth-order valence-electron chi connectivity index (χ4n) is 5.07. The molecule has 0 saturated carbocycles. The molecule has 0 radical (unpaired) electrons. The van der Waals surface area contributed by atoms with Crippen molar-refractivity contribution in [2.75, 3.05) is 39.3 Å². The highest BCUT2D eigenvalue weighted by atomic mass is 32.1. The number of hydrogen-bond donors (Lipinski definition) is 2. The number of hydrazine groups is 1. The van der Waals surface area contributed by atoms with Gasteiger partial charge in [0.15, 0.2) is 5.78 Å². The zero-order valence-corrected chi connectivity index (χ0v) is 21.8. The zero-order valence-electron chi connectivity index (χ0n) is 21.0. The lowest BCUT2D eigenvalue weighted by Crippen LogP contribution is -2.54. The Morgan fingerprint density at radius 2 is 1.79 bits per heavy atom. The van der Waals surface area contributed by atoms with Crippen molar-refractivity contribution in [3.8, 4) is 16.9 Å². The number of ether oxygens (including phenoxy) is 1. The van der Waals surface area contributed by atoms with Crippen molar-refractivity contribution in [3.63, 3.8) is 0 Å². The number of carbonyl (C=O) groups is 2. The van der Waals surface area contributed by atoms with Gasteiger partial charge in [0.05, 0.1) is 15.2 Å². The monoisotopic (exact) mass is 528 g/mol. The van der Waals surface area contributed by atoms with E-state index in [0.717, 1.165) is 26.4 Å². The van der Waals surface area contributed by atoms with Crippen molar-refractivity contribution in [2.24, 2.45) is 0 Å². The maximum Gasteiger partial charge on any atom is 0.265 e. The molecular weight excluding hydrogens is 500 g/mol. The Hall–Kier alpha value is -3.63. The Morgan fingerprint density at radius 1 is 1.03 bits per heavy atom. The fourth-order valence-corrected chi connectivity index (χ4v) is 5.88. The summed E-state index contributed by atoms with van der Waals surface area (Å²) in [5.74, 6) is 0.509. The largest absolute Gasteiger partial charge is 0.491 e. The van der Waals surface area contributed by atoms with Crippen LogP contribution in [0.2, 0.25) is 0 Å². The molecule has 38 heavy (non-hydrogen) atoms. The van der Waals surface area contributed by atoms with E-state index >= 15 is 0 Å². The van der Waals surface area contributed by atoms with Gasteiger partial charge < -0.3 is 9.84 Å². The molecule has 9 heteroatoms. The molecule has 1 fully saturated rings. The van der Waals surface area contributed by atoms with Crippen LogP contribution in [0.4, 0.5) is 0 Å². The lowest BCUT2D eigenvalue weighted by atomic mass is 10.0. The van der Waals surface area contributed by atoms with Gasteiger partial charge in [0, 0.05) is 55.5 Å². The Kier molecular flexibility index (Phi) is 6.67. The number of thiazole rings is 1. The number of carbonyl (C=O) groups excluding carboxylic acids is 2. The first-order valence-electron chi connectivity index (χ1n) is 12.7. The number of nitrogens with zero attached hydrogens (tertiary/aromatic N) is 3. The van der Waals surface area contributed by atoms with Crippen LogP contribution in [0, 0.1) is 6.92 Å². The van der Waals surface area contributed by atoms with Gasteiger partial charge in [-0.3, -0.25) is 19.9 Å². The third kappa shape index (κ3) is 4.93. The number of β-amino-alcohol motifs (C(OH)–C–C–N with tert-alkyl or cyclic N) is 1. The lowest BCUT2D eigenvalue weighted by molar-refractivity contribution is 0.0317. The first-order chi connectivity index (χ1) is 18.4. The van der Waals surface area contributed by atoms with Gasteiger partial charge in [-0.25, -0.2) is 9.99 Å². The van der Waals surface area contributed by atoms with Gasteiger partial charge in [-0.1, -0.05) is 24.3 Å². The highest BCUT2D eigenvalue weighted by Crippen LogP contribution is 2.36. The van der Waals surface area contributed by atoms with Crippen molar-refractivity contribution in [2.45, 2.75) is 13.0 Å². The van der Waals surface area contributed by atoms with Crippen LogP contribution in [0.3, 0.4) is 0 Å². The molecular formula is C29H28N4O4S. The van der Waals surface area contributed by atoms with Crippen LogP contribution in [0.15, 0.2) is 60.7 Å². The highest BCUT2D eigenvalue weighted by molar-refractivity contribution is 7.18. The average molecular weight is 529 g/mol. The van der Waals surface area contributed by atoms with Crippen LogP contribution in [0.1, 0.15) is 31.3 Å². The van der Waals surface area contributed by atoms with E-state index in [1.807, 2.05) is 54.4 Å². The summed E-state index contributed by atoms with van der Waals surface area (Å²) in [6, 6.07) is 18.6. The van der Waals surface area contributed by atoms with Gasteiger partial charge in [-0.2, -0.15) is 0 Å². The molecule has 8 nitrogen and oxygen atoms in total. The molecule has 4 aromatic rings. The van der Waals surface area contributed by atoms with E-state index < -0.39 is 6.10 Å². The fraction of sp³-hybridized carbons (Fsp3) is 0.276. The number of amides is 1. The number of hydrogen-bond acceptors (Lipinski definition) is 8. The predicted molar refractivity (Wildman–Crippen MR) is 147 cm³/mol. The van der Waals surface area contributed by atoms with Gasteiger partial charge in [-0.05, 0) is 48.4 Å². The Balaban J connectivity index is 0.985. The summed E-state index contributed by atoms with van der Waals surface area (Å²) in [5, 5.41) is 13.4. The van der Waals surface area contributed by atoms with Crippen LogP contribution in [0.5, 0.6) is 5.75 Å². The van der Waals surface area contributed by atoms with Crippen LogP contribution in [0.25, 0.3) is 21.3 Å². The minimum Gasteiger partial charge on any atom is -0.491 e. The number of aliphatic hydroxyl groups excluding tert-OH is 1. The van der Waals surface area contributed by atoms with Crippen LogP contribution < -0.4 is 10.2 Å². The standard InChI is InChI=1S/C29H28N4O4S/c1-18-30-26-15-21(7-9-27(26)38-18)37-17-20(34)16-32-10-12-33(13-11-32)31-29(36)19-6-8-24-25(14-19)22-4-2-3-5-23(22)28(24)35/h2-9,14-15,20,34H,10-13,16-17H2,1H3,(H,31,36)/t20-/m1/s1. The molecule has 2 aliphatic rings. The minimum atomic E-state index is -0.624. The number of nitrogens with one attached hydrogen (secondary N) is 1. The molecule has 0 spiro atoms. The third-order valence-corrected chi connectivity index (χ3v) is 7.95. The molecule has 194 valence electrons. The second-order valence-electron chi connectivity index (χ2n) is 9.69. The first kappa shape index (κ1) is 24.7. The number of aryl methyl sites for hydroxylation is 1. The molecule has 1 atom stereocenters. The summed E-state index contributed by atoms with van der Waals surface area (Å²) in [6.45, 7) is 5.40. The summed E-state index contributed by atoms with van der Waals surface area (Å²) in [6.07, 6.45) is -0.624. The topological polar surface area (TPSA) is 95.0 Å². The zero-order chi connectivity index (χ0) is 26.2. The predicted octanol–water partition coefficient (Wildman–Crippen LogP) is 3.52. The van der Waals surface area contributed by atoms with Crippen LogP contribution in [-0.2, 0) is 0 Å². The molecule has 6 rings (SSSR count). The van der Waals surface area contributed by atoms with Gasteiger partial charge in [0.25, 0.3) is 5.91 Å². The average Bonchev–Trinajstić information content (AvgIpc) is 3.44. The molecule has 1 saturated heterocycles. The van der Waals surface area contributed by atoms with E-state index in [0.29, 0.717) is 55.2 Å². The van der Waals surface area contributed by atoms with Crippen LogP contribution in [-0.4, -0.2) is 77.1 Å². The summed E-state index contributed by atoms with van der Waals surface area (Å²) < 4.78 is 6.93. The number of piperazine rings is 1. The first-order valence-corrected chi connectivity index (χ1v) is 13.5.